The van der Waals surface area contributed by atoms with Gasteiger partial charge in [0.25, 0.3) is 5.91 Å². The molecular formula is C12H17ClN2O2. The van der Waals surface area contributed by atoms with Gasteiger partial charge in [0, 0.05) is 19.5 Å². The summed E-state index contributed by atoms with van der Waals surface area (Å²) in [4.78, 5) is 14.2. The Hall–Kier alpha value is -0.740. The van der Waals surface area contributed by atoms with E-state index in [-0.39, 0.29) is 5.91 Å². The van der Waals surface area contributed by atoms with Crippen LogP contribution in [0.25, 0.3) is 0 Å². The maximum atomic E-state index is 12.3. The van der Waals surface area contributed by atoms with Gasteiger partial charge in [-0.05, 0) is 31.3 Å². The van der Waals surface area contributed by atoms with Crippen molar-refractivity contribution in [1.29, 1.82) is 0 Å². The molecule has 0 aromatic rings. The first-order valence-electron chi connectivity index (χ1n) is 6.25. The van der Waals surface area contributed by atoms with Crippen LogP contribution in [-0.4, -0.2) is 43.6 Å². The summed E-state index contributed by atoms with van der Waals surface area (Å²) in [5, 5.41) is 4.00. The molecule has 1 N–H and O–H groups in total. The van der Waals surface area contributed by atoms with Gasteiger partial charge in [0.1, 0.15) is 0 Å². The van der Waals surface area contributed by atoms with Gasteiger partial charge in [0.15, 0.2) is 5.76 Å². The Labute approximate surface area is 106 Å². The zero-order valence-corrected chi connectivity index (χ0v) is 10.5. The predicted octanol–water partition coefficient (Wildman–Crippen LogP) is 0.925. The van der Waals surface area contributed by atoms with Crippen LogP contribution in [0.15, 0.2) is 10.8 Å². The van der Waals surface area contributed by atoms with E-state index in [1.54, 1.807) is 0 Å². The second kappa shape index (κ2) is 4.50. The largest absolute Gasteiger partial charge is 0.487 e. The minimum Gasteiger partial charge on any atom is -0.487 e. The first kappa shape index (κ1) is 11.4. The number of fused-ring (bicyclic) bond motifs is 2. The smallest absolute Gasteiger partial charge is 0.290 e. The van der Waals surface area contributed by atoms with Crippen LogP contribution in [0.2, 0.25) is 0 Å². The molecule has 17 heavy (non-hydrogen) atoms. The minimum atomic E-state index is -0.0101. The number of rotatable bonds is 1. The number of carbonyl (C=O) groups is 1. The second-order valence-electron chi connectivity index (χ2n) is 5.17. The monoisotopic (exact) mass is 256 g/mol. The first-order chi connectivity index (χ1) is 8.24. The molecule has 2 bridgehead atoms. The molecule has 1 amide bonds. The lowest BCUT2D eigenvalue weighted by Crippen LogP contribution is -2.53. The summed E-state index contributed by atoms with van der Waals surface area (Å²) in [5.41, 5.74) is 0. The molecule has 3 heterocycles. The van der Waals surface area contributed by atoms with E-state index in [0.29, 0.717) is 35.7 Å². The lowest BCUT2D eigenvalue weighted by atomic mass is 9.86. The van der Waals surface area contributed by atoms with Crippen LogP contribution < -0.4 is 5.32 Å². The Morgan fingerprint density at radius 1 is 1.35 bits per heavy atom. The molecule has 0 aromatic carbocycles. The zero-order chi connectivity index (χ0) is 11.8. The molecular weight excluding hydrogens is 240 g/mol. The van der Waals surface area contributed by atoms with E-state index in [0.717, 1.165) is 26.2 Å². The van der Waals surface area contributed by atoms with Crippen LogP contribution in [0.3, 0.4) is 0 Å². The number of nitrogens with one attached hydrogen (secondary N) is 1. The summed E-state index contributed by atoms with van der Waals surface area (Å²) >= 11 is 6.01. The molecule has 2 fully saturated rings. The molecule has 3 aliphatic rings. The molecule has 0 aromatic heterocycles. The van der Waals surface area contributed by atoms with Gasteiger partial charge in [0.05, 0.1) is 11.6 Å². The topological polar surface area (TPSA) is 41.6 Å². The Morgan fingerprint density at radius 3 is 2.65 bits per heavy atom. The van der Waals surface area contributed by atoms with Crippen molar-refractivity contribution in [2.75, 3.05) is 32.8 Å². The fourth-order valence-corrected chi connectivity index (χ4v) is 3.24. The van der Waals surface area contributed by atoms with Crippen LogP contribution >= 0.6 is 11.6 Å². The quantitative estimate of drug-likeness (QED) is 0.759. The van der Waals surface area contributed by atoms with Crippen molar-refractivity contribution in [3.63, 3.8) is 0 Å². The molecule has 2 atom stereocenters. The third kappa shape index (κ3) is 2.16. The molecule has 3 aliphatic heterocycles. The normalized spacial score (nSPS) is 32.6. The molecule has 2 saturated heterocycles. The van der Waals surface area contributed by atoms with Crippen molar-refractivity contribution < 1.29 is 9.53 Å². The van der Waals surface area contributed by atoms with Crippen LogP contribution in [-0.2, 0) is 9.53 Å². The lowest BCUT2D eigenvalue weighted by Gasteiger charge is -2.41. The van der Waals surface area contributed by atoms with Crippen molar-refractivity contribution in [2.45, 2.75) is 12.8 Å². The summed E-state index contributed by atoms with van der Waals surface area (Å²) < 4.78 is 5.34. The van der Waals surface area contributed by atoms with Gasteiger partial charge in [-0.1, -0.05) is 11.6 Å². The highest BCUT2D eigenvalue weighted by molar-refractivity contribution is 6.31. The molecule has 0 aliphatic carbocycles. The maximum absolute atomic E-state index is 12.3. The average molecular weight is 257 g/mol. The highest BCUT2D eigenvalue weighted by Gasteiger charge is 2.35. The van der Waals surface area contributed by atoms with Gasteiger partial charge >= 0.3 is 0 Å². The number of hydrogen-bond donors (Lipinski definition) is 1. The fraction of sp³-hybridized carbons (Fsp3) is 0.750. The number of ether oxygens (including phenoxy) is 1. The summed E-state index contributed by atoms with van der Waals surface area (Å²) in [5.74, 6) is 1.56. The van der Waals surface area contributed by atoms with E-state index in [2.05, 4.69) is 5.32 Å². The van der Waals surface area contributed by atoms with Crippen LogP contribution in [0.1, 0.15) is 12.8 Å². The second-order valence-corrected chi connectivity index (χ2v) is 5.62. The number of likely N-dealkylation sites (tertiary alicyclic amines) is 1. The van der Waals surface area contributed by atoms with Crippen LogP contribution in [0.4, 0.5) is 0 Å². The Balaban J connectivity index is 1.72. The summed E-state index contributed by atoms with van der Waals surface area (Å²) in [6, 6.07) is 0. The highest BCUT2D eigenvalue weighted by Crippen LogP contribution is 2.29. The molecule has 5 heteroatoms. The number of halogens is 1. The van der Waals surface area contributed by atoms with Gasteiger partial charge in [-0.3, -0.25) is 4.79 Å². The number of nitrogens with zero attached hydrogens (tertiary/aromatic N) is 1. The lowest BCUT2D eigenvalue weighted by molar-refractivity contribution is -0.133. The average Bonchev–Trinajstić information content (AvgIpc) is 2.74. The molecule has 2 unspecified atom stereocenters. The van der Waals surface area contributed by atoms with E-state index in [1.807, 2.05) is 4.90 Å². The minimum absolute atomic E-state index is 0.0101. The van der Waals surface area contributed by atoms with Crippen molar-refractivity contribution in [3.8, 4) is 0 Å². The standard InChI is InChI=1S/C12H17ClN2O2/c13-10-1-2-17-11(10)12(16)15-6-8-3-9(7-15)5-14-4-8/h8-9,14H,1-7H2. The summed E-state index contributed by atoms with van der Waals surface area (Å²) in [7, 11) is 0. The Kier molecular flexibility index (Phi) is 3.01. The van der Waals surface area contributed by atoms with E-state index in [9.17, 15) is 4.79 Å². The van der Waals surface area contributed by atoms with Gasteiger partial charge in [0.2, 0.25) is 0 Å². The van der Waals surface area contributed by atoms with Crippen molar-refractivity contribution in [2.24, 2.45) is 11.8 Å². The molecule has 0 saturated carbocycles. The number of hydrogen-bond acceptors (Lipinski definition) is 3. The van der Waals surface area contributed by atoms with Crippen molar-refractivity contribution >= 4 is 17.5 Å². The molecule has 0 radical (unpaired) electrons. The van der Waals surface area contributed by atoms with E-state index < -0.39 is 0 Å². The van der Waals surface area contributed by atoms with E-state index >= 15 is 0 Å². The van der Waals surface area contributed by atoms with Gasteiger partial charge in [-0.25, -0.2) is 0 Å². The number of piperidine rings is 2. The molecule has 94 valence electrons. The van der Waals surface area contributed by atoms with E-state index in [1.165, 1.54) is 6.42 Å². The Morgan fingerprint density at radius 2 is 2.06 bits per heavy atom. The van der Waals surface area contributed by atoms with Gasteiger partial charge in [-0.15, -0.1) is 0 Å². The van der Waals surface area contributed by atoms with E-state index in [4.69, 9.17) is 16.3 Å². The van der Waals surface area contributed by atoms with Crippen molar-refractivity contribution in [1.82, 2.24) is 10.2 Å². The fourth-order valence-electron chi connectivity index (χ4n) is 3.03. The molecule has 3 rings (SSSR count). The SMILES string of the molecule is O=C(C1=C(Cl)CCO1)N1CC2CNCC(C2)C1. The zero-order valence-electron chi connectivity index (χ0n) is 9.75. The number of carbonyl (C=O) groups excluding carboxylic acids is 1. The third-order valence-electron chi connectivity index (χ3n) is 3.79. The summed E-state index contributed by atoms with van der Waals surface area (Å²) in [6.45, 7) is 4.25. The Bertz CT molecular complexity index is 358. The molecule has 4 nitrogen and oxygen atoms in total. The highest BCUT2D eigenvalue weighted by atomic mass is 35.5. The van der Waals surface area contributed by atoms with Crippen molar-refractivity contribution in [3.05, 3.63) is 10.8 Å². The predicted molar refractivity (Wildman–Crippen MR) is 64.5 cm³/mol. The summed E-state index contributed by atoms with van der Waals surface area (Å²) in [6.07, 6.45) is 1.91. The molecule has 0 spiro atoms. The maximum Gasteiger partial charge on any atom is 0.290 e. The number of amides is 1. The first-order valence-corrected chi connectivity index (χ1v) is 6.63. The van der Waals surface area contributed by atoms with Crippen LogP contribution in [0, 0.1) is 11.8 Å². The van der Waals surface area contributed by atoms with Crippen LogP contribution in [0.5, 0.6) is 0 Å². The third-order valence-corrected chi connectivity index (χ3v) is 4.15. The van der Waals surface area contributed by atoms with Gasteiger partial charge in [-0.2, -0.15) is 0 Å². The van der Waals surface area contributed by atoms with Gasteiger partial charge < -0.3 is 15.0 Å².